The molecule has 7 heteroatoms. The van der Waals surface area contributed by atoms with Crippen LogP contribution in [-0.4, -0.2) is 9.91 Å². The van der Waals surface area contributed by atoms with Crippen LogP contribution in [0, 0.1) is 21.7 Å². The van der Waals surface area contributed by atoms with Gasteiger partial charge < -0.3 is 0 Å². The number of fused-ring (bicyclic) bond motifs is 1. The molecule has 1 aromatic heterocycles. The predicted molar refractivity (Wildman–Crippen MR) is 81.6 cm³/mol. The number of hydrogen-bond acceptors (Lipinski definition) is 4. The predicted octanol–water partition coefficient (Wildman–Crippen LogP) is 4.65. The second-order valence-corrected chi connectivity index (χ2v) is 5.52. The molecule has 0 atom stereocenters. The molecule has 0 amide bonds. The van der Waals surface area contributed by atoms with Crippen LogP contribution < -0.4 is 0 Å². The lowest BCUT2D eigenvalue weighted by Crippen LogP contribution is -1.86. The number of nitro groups is 1. The number of non-ortho nitro benzene ring substituents is 1. The Bertz CT molecular complexity index is 906. The molecular formula is C15H8F2N2O2S. The van der Waals surface area contributed by atoms with Crippen LogP contribution in [0.3, 0.4) is 0 Å². The smallest absolute Gasteiger partial charge is 0.258 e. The molecule has 0 aliphatic heterocycles. The Hall–Kier alpha value is -2.67. The van der Waals surface area contributed by atoms with E-state index in [2.05, 4.69) is 4.98 Å². The fraction of sp³-hybridized carbons (Fsp3) is 0. The van der Waals surface area contributed by atoms with E-state index in [0.29, 0.717) is 10.5 Å². The number of benzene rings is 2. The average molecular weight is 318 g/mol. The van der Waals surface area contributed by atoms with E-state index in [0.717, 1.165) is 10.8 Å². The Morgan fingerprint density at radius 1 is 1.14 bits per heavy atom. The Balaban J connectivity index is 1.93. The van der Waals surface area contributed by atoms with Gasteiger partial charge in [-0.15, -0.1) is 11.3 Å². The second kappa shape index (κ2) is 5.61. The van der Waals surface area contributed by atoms with Crippen LogP contribution in [0.1, 0.15) is 10.6 Å². The third kappa shape index (κ3) is 2.84. The standard InChI is InChI=1S/C15H8F2N2O2S/c16-10-3-1-9(12(17)7-10)2-6-15-18-13-8-11(19(20)21)4-5-14(13)22-15/h1-8H/b6-2+. The zero-order chi connectivity index (χ0) is 15.7. The molecule has 0 bridgehead atoms. The Morgan fingerprint density at radius 3 is 2.68 bits per heavy atom. The van der Waals surface area contributed by atoms with Crippen molar-refractivity contribution in [1.29, 1.82) is 0 Å². The molecule has 110 valence electrons. The quantitative estimate of drug-likeness (QED) is 0.521. The Morgan fingerprint density at radius 2 is 1.95 bits per heavy atom. The van der Waals surface area contributed by atoms with Crippen LogP contribution in [0.15, 0.2) is 36.4 Å². The highest BCUT2D eigenvalue weighted by Gasteiger charge is 2.09. The lowest BCUT2D eigenvalue weighted by molar-refractivity contribution is -0.384. The molecule has 0 radical (unpaired) electrons. The van der Waals surface area contributed by atoms with Crippen molar-refractivity contribution >= 4 is 39.4 Å². The van der Waals surface area contributed by atoms with Crippen molar-refractivity contribution in [2.24, 2.45) is 0 Å². The lowest BCUT2D eigenvalue weighted by Gasteiger charge is -1.95. The van der Waals surface area contributed by atoms with Crippen LogP contribution in [0.4, 0.5) is 14.5 Å². The van der Waals surface area contributed by atoms with E-state index in [9.17, 15) is 18.9 Å². The molecule has 0 saturated heterocycles. The number of rotatable bonds is 3. The SMILES string of the molecule is O=[N+]([O-])c1ccc2sc(/C=C/c3ccc(F)cc3F)nc2c1. The molecule has 0 aliphatic rings. The third-order valence-corrected chi connectivity index (χ3v) is 3.97. The summed E-state index contributed by atoms with van der Waals surface area (Å²) in [5, 5.41) is 11.3. The van der Waals surface area contributed by atoms with Gasteiger partial charge in [-0.05, 0) is 30.4 Å². The van der Waals surface area contributed by atoms with Crippen molar-refractivity contribution < 1.29 is 13.7 Å². The lowest BCUT2D eigenvalue weighted by atomic mass is 10.2. The van der Waals surface area contributed by atoms with Crippen molar-refractivity contribution in [3.05, 3.63) is 68.7 Å². The third-order valence-electron chi connectivity index (χ3n) is 2.97. The summed E-state index contributed by atoms with van der Waals surface area (Å²) in [5.74, 6) is -1.30. The van der Waals surface area contributed by atoms with Crippen molar-refractivity contribution in [2.75, 3.05) is 0 Å². The van der Waals surface area contributed by atoms with Crippen LogP contribution >= 0.6 is 11.3 Å². The average Bonchev–Trinajstić information content (AvgIpc) is 2.88. The molecule has 0 spiro atoms. The molecule has 4 nitrogen and oxygen atoms in total. The van der Waals surface area contributed by atoms with Crippen molar-refractivity contribution in [3.8, 4) is 0 Å². The molecule has 0 saturated carbocycles. The summed E-state index contributed by atoms with van der Waals surface area (Å²) in [5.41, 5.74) is 0.725. The van der Waals surface area contributed by atoms with Gasteiger partial charge in [0.1, 0.15) is 16.6 Å². The highest BCUT2D eigenvalue weighted by molar-refractivity contribution is 7.19. The first-order valence-corrected chi connectivity index (χ1v) is 7.03. The van der Waals surface area contributed by atoms with Crippen molar-refractivity contribution in [3.63, 3.8) is 0 Å². The molecule has 3 rings (SSSR count). The molecule has 1 heterocycles. The van der Waals surface area contributed by atoms with Gasteiger partial charge in [-0.1, -0.05) is 0 Å². The van der Waals surface area contributed by atoms with E-state index in [1.165, 1.54) is 41.7 Å². The van der Waals surface area contributed by atoms with Gasteiger partial charge in [-0.2, -0.15) is 0 Å². The van der Waals surface area contributed by atoms with Gasteiger partial charge in [0.25, 0.3) is 5.69 Å². The molecule has 2 aromatic carbocycles. The first kappa shape index (κ1) is 14.3. The summed E-state index contributed by atoms with van der Waals surface area (Å²) in [4.78, 5) is 14.5. The number of aromatic nitrogens is 1. The highest BCUT2D eigenvalue weighted by atomic mass is 32.1. The van der Waals surface area contributed by atoms with Crippen molar-refractivity contribution in [1.82, 2.24) is 4.98 Å². The van der Waals surface area contributed by atoms with E-state index >= 15 is 0 Å². The molecule has 22 heavy (non-hydrogen) atoms. The summed E-state index contributed by atoms with van der Waals surface area (Å²) in [7, 11) is 0. The number of halogens is 2. The first-order chi connectivity index (χ1) is 10.5. The summed E-state index contributed by atoms with van der Waals surface area (Å²) in [6.45, 7) is 0. The molecule has 0 N–H and O–H groups in total. The van der Waals surface area contributed by atoms with Gasteiger partial charge in [0.05, 0.1) is 15.1 Å². The van der Waals surface area contributed by atoms with E-state index in [1.807, 2.05) is 0 Å². The molecular weight excluding hydrogens is 310 g/mol. The van der Waals surface area contributed by atoms with Gasteiger partial charge in [0.2, 0.25) is 0 Å². The van der Waals surface area contributed by atoms with Crippen LogP contribution in [0.5, 0.6) is 0 Å². The van der Waals surface area contributed by atoms with Gasteiger partial charge in [-0.25, -0.2) is 13.8 Å². The second-order valence-electron chi connectivity index (χ2n) is 4.46. The van der Waals surface area contributed by atoms with E-state index in [1.54, 1.807) is 12.1 Å². The number of nitrogens with zero attached hydrogens (tertiary/aromatic N) is 2. The van der Waals surface area contributed by atoms with Crippen LogP contribution in [0.2, 0.25) is 0 Å². The van der Waals surface area contributed by atoms with E-state index in [4.69, 9.17) is 0 Å². The van der Waals surface area contributed by atoms with E-state index < -0.39 is 16.6 Å². The Labute approximate surface area is 127 Å². The van der Waals surface area contributed by atoms with Gasteiger partial charge in [0.15, 0.2) is 0 Å². The maximum absolute atomic E-state index is 13.5. The summed E-state index contributed by atoms with van der Waals surface area (Å²) in [6, 6.07) is 7.74. The molecule has 0 fully saturated rings. The maximum atomic E-state index is 13.5. The monoisotopic (exact) mass is 318 g/mol. The fourth-order valence-electron chi connectivity index (χ4n) is 1.92. The molecule has 3 aromatic rings. The first-order valence-electron chi connectivity index (χ1n) is 6.21. The normalized spacial score (nSPS) is 11.4. The largest absolute Gasteiger partial charge is 0.271 e. The summed E-state index contributed by atoms with van der Waals surface area (Å²) < 4.78 is 27.1. The summed E-state index contributed by atoms with van der Waals surface area (Å²) >= 11 is 1.33. The minimum absolute atomic E-state index is 0.0297. The highest BCUT2D eigenvalue weighted by Crippen LogP contribution is 2.27. The Kier molecular flexibility index (Phi) is 3.64. The topological polar surface area (TPSA) is 56.0 Å². The van der Waals surface area contributed by atoms with E-state index in [-0.39, 0.29) is 11.3 Å². The molecule has 0 aliphatic carbocycles. The minimum atomic E-state index is -0.659. The van der Waals surface area contributed by atoms with Crippen molar-refractivity contribution in [2.45, 2.75) is 0 Å². The van der Waals surface area contributed by atoms with Gasteiger partial charge >= 0.3 is 0 Å². The zero-order valence-corrected chi connectivity index (χ0v) is 11.8. The van der Waals surface area contributed by atoms with Gasteiger partial charge in [-0.3, -0.25) is 10.1 Å². The van der Waals surface area contributed by atoms with Crippen LogP contribution in [-0.2, 0) is 0 Å². The molecule has 0 unspecified atom stereocenters. The van der Waals surface area contributed by atoms with Crippen LogP contribution in [0.25, 0.3) is 22.4 Å². The minimum Gasteiger partial charge on any atom is -0.258 e. The maximum Gasteiger partial charge on any atom is 0.271 e. The fourth-order valence-corrected chi connectivity index (χ4v) is 2.77. The number of thiazole rings is 1. The number of nitro benzene ring substituents is 1. The summed E-state index contributed by atoms with van der Waals surface area (Å²) in [6.07, 6.45) is 3.08. The van der Waals surface area contributed by atoms with Gasteiger partial charge in [0, 0.05) is 23.8 Å². The zero-order valence-electron chi connectivity index (χ0n) is 11.0. The number of hydrogen-bond donors (Lipinski definition) is 0.